The predicted molar refractivity (Wildman–Crippen MR) is 160 cm³/mol. The Morgan fingerprint density at radius 2 is 1.65 bits per heavy atom. The summed E-state index contributed by atoms with van der Waals surface area (Å²) in [4.78, 5) is 46.6. The molecule has 0 bridgehead atoms. The van der Waals surface area contributed by atoms with E-state index in [1.54, 1.807) is 19.2 Å². The largest absolute Gasteiger partial charge is 0.496 e. The summed E-state index contributed by atoms with van der Waals surface area (Å²) in [5, 5.41) is 21.8. The Labute approximate surface area is 253 Å². The molecule has 0 aromatic heterocycles. The molecule has 10 nitrogen and oxygen atoms in total. The molecule has 2 fully saturated rings. The summed E-state index contributed by atoms with van der Waals surface area (Å²) in [6.07, 6.45) is 2.35. The summed E-state index contributed by atoms with van der Waals surface area (Å²) >= 11 is 5.99. The molecule has 0 unspecified atom stereocenters. The number of fused-ring (bicyclic) bond motifs is 1. The highest BCUT2D eigenvalue weighted by atomic mass is 35.5. The Morgan fingerprint density at radius 3 is 2.28 bits per heavy atom. The second-order valence-electron chi connectivity index (χ2n) is 10.3. The van der Waals surface area contributed by atoms with Gasteiger partial charge < -0.3 is 25.0 Å². The van der Waals surface area contributed by atoms with Gasteiger partial charge in [0.05, 0.1) is 19.4 Å². The first kappa shape index (κ1) is 31.5. The van der Waals surface area contributed by atoms with Gasteiger partial charge in [-0.15, -0.1) is 0 Å². The minimum Gasteiger partial charge on any atom is -0.496 e. The zero-order valence-corrected chi connectivity index (χ0v) is 24.3. The van der Waals surface area contributed by atoms with Crippen LogP contribution in [0.5, 0.6) is 5.75 Å². The number of nitrogens with zero attached hydrogens (tertiary/aromatic N) is 1. The third-order valence-electron chi connectivity index (χ3n) is 7.45. The number of cyclic esters (lactones) is 1. The van der Waals surface area contributed by atoms with Crippen LogP contribution in [0.4, 0.5) is 0 Å². The number of piperidine rings is 1. The lowest BCUT2D eigenvalue weighted by Crippen LogP contribution is -2.46. The van der Waals surface area contributed by atoms with Gasteiger partial charge in [0.1, 0.15) is 11.9 Å². The number of methoxy groups -OCH3 is 1. The van der Waals surface area contributed by atoms with E-state index < -0.39 is 24.0 Å². The molecule has 2 heterocycles. The maximum absolute atomic E-state index is 13.1. The first-order chi connectivity index (χ1) is 20.6. The van der Waals surface area contributed by atoms with E-state index >= 15 is 0 Å². The van der Waals surface area contributed by atoms with Gasteiger partial charge in [0.25, 0.3) is 0 Å². The zero-order valence-electron chi connectivity index (χ0n) is 23.6. The first-order valence-electron chi connectivity index (χ1n) is 13.8. The van der Waals surface area contributed by atoms with Gasteiger partial charge in [0.2, 0.25) is 5.91 Å². The minimum atomic E-state index is -1.26. The number of likely N-dealkylation sites (tertiary alicyclic amines) is 1. The predicted octanol–water partition coefficient (Wildman–Crippen LogP) is 4.60. The maximum Gasteiger partial charge on any atom is 0.328 e. The van der Waals surface area contributed by atoms with Crippen LogP contribution in [0.3, 0.4) is 0 Å². The van der Waals surface area contributed by atoms with Crippen LogP contribution in [0.1, 0.15) is 36.5 Å². The summed E-state index contributed by atoms with van der Waals surface area (Å²) in [6.45, 7) is 2.55. The Balaban J connectivity index is 0.000000467. The van der Waals surface area contributed by atoms with Crippen molar-refractivity contribution < 1.29 is 38.9 Å². The lowest BCUT2D eigenvalue weighted by Gasteiger charge is -2.33. The topological polar surface area (TPSA) is 142 Å². The Kier molecular flexibility index (Phi) is 10.7. The summed E-state index contributed by atoms with van der Waals surface area (Å²) < 4.78 is 11.1. The number of benzene rings is 3. The van der Waals surface area contributed by atoms with E-state index in [9.17, 15) is 19.2 Å². The van der Waals surface area contributed by atoms with Crippen LogP contribution in [0.2, 0.25) is 5.02 Å². The number of halogens is 1. The van der Waals surface area contributed by atoms with Crippen molar-refractivity contribution in [1.29, 1.82) is 0 Å². The molecule has 1 amide bonds. The van der Waals surface area contributed by atoms with Crippen LogP contribution < -0.4 is 10.1 Å². The molecular weight excluding hydrogens is 576 g/mol. The highest BCUT2D eigenvalue weighted by Gasteiger charge is 2.41. The highest BCUT2D eigenvalue weighted by molar-refractivity contribution is 6.30. The number of hydrogen-bond acceptors (Lipinski definition) is 7. The summed E-state index contributed by atoms with van der Waals surface area (Å²) in [6, 6.07) is 19.7. The Hall–Kier alpha value is -4.41. The van der Waals surface area contributed by atoms with Crippen LogP contribution in [0, 0.1) is 5.92 Å². The molecule has 2 atom stereocenters. The van der Waals surface area contributed by atoms with E-state index in [2.05, 4.69) is 34.5 Å². The summed E-state index contributed by atoms with van der Waals surface area (Å²) in [5.74, 6) is -2.60. The fraction of sp³-hybridized carbons (Fsp3) is 0.312. The highest BCUT2D eigenvalue weighted by Crippen LogP contribution is 2.36. The van der Waals surface area contributed by atoms with E-state index in [-0.39, 0.29) is 24.3 Å². The van der Waals surface area contributed by atoms with Crippen molar-refractivity contribution in [2.45, 2.75) is 38.0 Å². The van der Waals surface area contributed by atoms with E-state index in [1.807, 2.05) is 24.3 Å². The molecule has 0 radical (unpaired) electrons. The summed E-state index contributed by atoms with van der Waals surface area (Å²) in [5.41, 5.74) is 1.99. The molecule has 3 N–H and O–H groups in total. The standard InChI is InChI=1S/C28H29ClN2O4.C4H4O4/c1-34-25-11-8-18-4-2-3-5-22(18)24(25)17-31-14-12-21(13-15-31)30-28(33)23-16-26(32)35-27(23)19-6-9-20(29)10-7-19;5-3(6)1-2-4(7)8/h2-11,21,23,27H,12-17H2,1H3,(H,30,33);1-2H,(H,5,6)(H,7,8)/b;2-1-/t23-,27-;/m0./s1. The molecule has 2 aliphatic rings. The first-order valence-corrected chi connectivity index (χ1v) is 14.2. The number of carboxylic acids is 2. The van der Waals surface area contributed by atoms with Gasteiger partial charge >= 0.3 is 17.9 Å². The van der Waals surface area contributed by atoms with E-state index in [0.29, 0.717) is 17.2 Å². The molecule has 3 aromatic carbocycles. The van der Waals surface area contributed by atoms with Crippen molar-refractivity contribution in [3.05, 3.63) is 89.0 Å². The fourth-order valence-corrected chi connectivity index (χ4v) is 5.45. The van der Waals surface area contributed by atoms with Gasteiger partial charge in [-0.05, 0) is 47.4 Å². The second kappa shape index (κ2) is 14.7. The number of aliphatic carboxylic acids is 2. The number of hydrogen-bond donors (Lipinski definition) is 3. The number of carbonyl (C=O) groups is 4. The van der Waals surface area contributed by atoms with Gasteiger partial charge in [-0.2, -0.15) is 0 Å². The quantitative estimate of drug-likeness (QED) is 0.247. The Bertz CT molecular complexity index is 1480. The molecule has 2 saturated heterocycles. The minimum absolute atomic E-state index is 0.0785. The molecule has 5 rings (SSSR count). The van der Waals surface area contributed by atoms with Crippen LogP contribution >= 0.6 is 11.6 Å². The number of amides is 1. The fourth-order valence-electron chi connectivity index (χ4n) is 5.32. The summed E-state index contributed by atoms with van der Waals surface area (Å²) in [7, 11) is 1.71. The number of ether oxygens (including phenoxy) is 2. The van der Waals surface area contributed by atoms with Crippen LogP contribution in [0.15, 0.2) is 72.8 Å². The van der Waals surface area contributed by atoms with Gasteiger partial charge in [-0.1, -0.05) is 54.1 Å². The van der Waals surface area contributed by atoms with Crippen LogP contribution in [0.25, 0.3) is 10.8 Å². The molecule has 0 saturated carbocycles. The molecule has 0 spiro atoms. The lowest BCUT2D eigenvalue weighted by molar-refractivity contribution is -0.142. The average Bonchev–Trinajstić information content (AvgIpc) is 3.39. The second-order valence-corrected chi connectivity index (χ2v) is 10.7. The number of carboxylic acid groups (broad SMARTS) is 2. The van der Waals surface area contributed by atoms with Gasteiger partial charge in [0, 0.05) is 48.4 Å². The Morgan fingerprint density at radius 1 is 1.00 bits per heavy atom. The van der Waals surface area contributed by atoms with E-state index in [1.165, 1.54) is 16.3 Å². The van der Waals surface area contributed by atoms with Crippen molar-refractivity contribution in [2.24, 2.45) is 5.92 Å². The number of nitrogens with one attached hydrogen (secondary N) is 1. The molecule has 0 aliphatic carbocycles. The van der Waals surface area contributed by atoms with E-state index in [0.717, 1.165) is 43.8 Å². The number of carbonyl (C=O) groups excluding carboxylic acids is 2. The third-order valence-corrected chi connectivity index (χ3v) is 7.70. The maximum atomic E-state index is 13.1. The number of esters is 1. The van der Waals surface area contributed by atoms with Crippen molar-refractivity contribution in [3.63, 3.8) is 0 Å². The average molecular weight is 609 g/mol. The van der Waals surface area contributed by atoms with Crippen LogP contribution in [-0.4, -0.2) is 65.2 Å². The molecule has 2 aliphatic heterocycles. The SMILES string of the molecule is COc1ccc2ccccc2c1CN1CCC(NC(=O)[C@H]2CC(=O)O[C@H]2c2ccc(Cl)cc2)CC1.O=C(O)/C=C\C(=O)O. The third kappa shape index (κ3) is 8.56. The van der Waals surface area contributed by atoms with Crippen molar-refractivity contribution in [3.8, 4) is 5.75 Å². The van der Waals surface area contributed by atoms with Gasteiger partial charge in [-0.3, -0.25) is 14.5 Å². The molecule has 226 valence electrons. The van der Waals surface area contributed by atoms with Crippen molar-refractivity contribution >= 4 is 46.2 Å². The zero-order chi connectivity index (χ0) is 30.9. The molecule has 11 heteroatoms. The molecule has 43 heavy (non-hydrogen) atoms. The number of rotatable bonds is 8. The van der Waals surface area contributed by atoms with Crippen molar-refractivity contribution in [1.82, 2.24) is 10.2 Å². The van der Waals surface area contributed by atoms with Crippen LogP contribution in [-0.2, 0) is 30.5 Å². The van der Waals surface area contributed by atoms with Gasteiger partial charge in [0.15, 0.2) is 0 Å². The lowest BCUT2D eigenvalue weighted by atomic mass is 9.93. The smallest absolute Gasteiger partial charge is 0.328 e. The van der Waals surface area contributed by atoms with E-state index in [4.69, 9.17) is 31.3 Å². The monoisotopic (exact) mass is 608 g/mol. The normalized spacial score (nSPS) is 19.0. The molecule has 3 aromatic rings. The van der Waals surface area contributed by atoms with Crippen molar-refractivity contribution in [2.75, 3.05) is 20.2 Å². The van der Waals surface area contributed by atoms with Gasteiger partial charge in [-0.25, -0.2) is 9.59 Å². The molecular formula is C32H33ClN2O8.